The molecule has 2 unspecified atom stereocenters. The number of fused-ring (bicyclic) bond motifs is 1. The molecule has 3 N–H and O–H groups in total. The zero-order valence-electron chi connectivity index (χ0n) is 11.9. The van der Waals surface area contributed by atoms with Gasteiger partial charge in [-0.2, -0.15) is 0 Å². The molecule has 110 valence electrons. The van der Waals surface area contributed by atoms with Crippen LogP contribution >= 0.6 is 0 Å². The molecular formula is C15H23N3O2. The fraction of sp³-hybridized carbons (Fsp3) is 0.600. The lowest BCUT2D eigenvalue weighted by molar-refractivity contribution is 0.253. The van der Waals surface area contributed by atoms with Crippen LogP contribution in [0.2, 0.25) is 0 Å². The van der Waals surface area contributed by atoms with E-state index in [0.29, 0.717) is 18.7 Å². The van der Waals surface area contributed by atoms with E-state index in [1.807, 2.05) is 18.2 Å². The molecule has 0 aromatic heterocycles. The number of hydrogen-bond acceptors (Lipinski definition) is 5. The number of rotatable bonds is 3. The van der Waals surface area contributed by atoms with Gasteiger partial charge in [-0.3, -0.25) is 0 Å². The summed E-state index contributed by atoms with van der Waals surface area (Å²) in [5.41, 5.74) is 1.03. The SMILES string of the molecule is COc1cccc2c1OCC(CC1CNCCCN1)N2. The second kappa shape index (κ2) is 6.33. The van der Waals surface area contributed by atoms with Crippen molar-refractivity contribution in [1.82, 2.24) is 10.6 Å². The Morgan fingerprint density at radius 1 is 1.30 bits per heavy atom. The van der Waals surface area contributed by atoms with Gasteiger partial charge in [0.2, 0.25) is 0 Å². The van der Waals surface area contributed by atoms with E-state index in [4.69, 9.17) is 9.47 Å². The molecule has 0 saturated carbocycles. The number of methoxy groups -OCH3 is 1. The molecule has 2 aliphatic rings. The maximum atomic E-state index is 5.90. The molecular weight excluding hydrogens is 254 g/mol. The van der Waals surface area contributed by atoms with Crippen molar-refractivity contribution < 1.29 is 9.47 Å². The monoisotopic (exact) mass is 277 g/mol. The first kappa shape index (κ1) is 13.5. The third kappa shape index (κ3) is 2.99. The molecule has 2 aliphatic heterocycles. The van der Waals surface area contributed by atoms with Crippen LogP contribution in [0.5, 0.6) is 11.5 Å². The van der Waals surface area contributed by atoms with Crippen molar-refractivity contribution >= 4 is 5.69 Å². The van der Waals surface area contributed by atoms with Gasteiger partial charge in [0.15, 0.2) is 11.5 Å². The standard InChI is InChI=1S/C15H23N3O2/c1-19-14-5-2-4-13-15(14)20-10-12(18-13)8-11-9-16-6-3-7-17-11/h2,4-5,11-12,16-18H,3,6-10H2,1H3. The molecule has 0 radical (unpaired) electrons. The smallest absolute Gasteiger partial charge is 0.184 e. The minimum atomic E-state index is 0.340. The summed E-state index contributed by atoms with van der Waals surface area (Å²) in [6.07, 6.45) is 2.26. The molecule has 0 amide bonds. The topological polar surface area (TPSA) is 54.6 Å². The van der Waals surface area contributed by atoms with Crippen molar-refractivity contribution in [3.8, 4) is 11.5 Å². The number of anilines is 1. The molecule has 20 heavy (non-hydrogen) atoms. The van der Waals surface area contributed by atoms with Crippen molar-refractivity contribution in [2.24, 2.45) is 0 Å². The molecule has 5 heteroatoms. The van der Waals surface area contributed by atoms with Gasteiger partial charge >= 0.3 is 0 Å². The highest BCUT2D eigenvalue weighted by molar-refractivity contribution is 5.64. The Balaban J connectivity index is 1.63. The van der Waals surface area contributed by atoms with E-state index in [2.05, 4.69) is 16.0 Å². The van der Waals surface area contributed by atoms with Crippen LogP contribution in [0.1, 0.15) is 12.8 Å². The largest absolute Gasteiger partial charge is 0.493 e. The Hall–Kier alpha value is -1.46. The first-order chi connectivity index (χ1) is 9.86. The van der Waals surface area contributed by atoms with Crippen molar-refractivity contribution in [1.29, 1.82) is 0 Å². The Labute approximate surface area is 120 Å². The normalized spacial score (nSPS) is 25.9. The van der Waals surface area contributed by atoms with Gasteiger partial charge in [-0.25, -0.2) is 0 Å². The van der Waals surface area contributed by atoms with Crippen LogP contribution in [0, 0.1) is 0 Å². The Kier molecular flexibility index (Phi) is 4.28. The highest BCUT2D eigenvalue weighted by Crippen LogP contribution is 2.38. The maximum Gasteiger partial charge on any atom is 0.184 e. The van der Waals surface area contributed by atoms with E-state index in [0.717, 1.165) is 43.2 Å². The van der Waals surface area contributed by atoms with Crippen LogP contribution in [-0.2, 0) is 0 Å². The van der Waals surface area contributed by atoms with Gasteiger partial charge in [0.25, 0.3) is 0 Å². The quantitative estimate of drug-likeness (QED) is 0.775. The minimum Gasteiger partial charge on any atom is -0.493 e. The number of hydrogen-bond donors (Lipinski definition) is 3. The fourth-order valence-electron chi connectivity index (χ4n) is 2.89. The molecule has 0 bridgehead atoms. The van der Waals surface area contributed by atoms with Gasteiger partial charge in [0.05, 0.1) is 18.8 Å². The summed E-state index contributed by atoms with van der Waals surface area (Å²) in [7, 11) is 1.67. The molecule has 3 rings (SSSR count). The fourth-order valence-corrected chi connectivity index (χ4v) is 2.89. The zero-order valence-corrected chi connectivity index (χ0v) is 11.9. The lowest BCUT2D eigenvalue weighted by Gasteiger charge is -2.30. The summed E-state index contributed by atoms with van der Waals surface area (Å²) < 4.78 is 11.2. The van der Waals surface area contributed by atoms with Gasteiger partial charge in [-0.15, -0.1) is 0 Å². The minimum absolute atomic E-state index is 0.340. The number of ether oxygens (including phenoxy) is 2. The number of nitrogens with one attached hydrogen (secondary N) is 3. The van der Waals surface area contributed by atoms with E-state index in [-0.39, 0.29) is 0 Å². The summed E-state index contributed by atoms with van der Waals surface area (Å²) in [5.74, 6) is 1.63. The Bertz CT molecular complexity index is 445. The van der Waals surface area contributed by atoms with Gasteiger partial charge in [-0.1, -0.05) is 6.07 Å². The summed E-state index contributed by atoms with van der Waals surface area (Å²) in [4.78, 5) is 0. The third-order valence-corrected chi connectivity index (χ3v) is 3.91. The van der Waals surface area contributed by atoms with Crippen LogP contribution in [0.3, 0.4) is 0 Å². The lowest BCUT2D eigenvalue weighted by atomic mass is 10.1. The molecule has 5 nitrogen and oxygen atoms in total. The van der Waals surface area contributed by atoms with Crippen LogP contribution in [0.15, 0.2) is 18.2 Å². The Morgan fingerprint density at radius 2 is 2.25 bits per heavy atom. The van der Waals surface area contributed by atoms with Gasteiger partial charge in [0.1, 0.15) is 6.61 Å². The lowest BCUT2D eigenvalue weighted by Crippen LogP contribution is -2.43. The van der Waals surface area contributed by atoms with Crippen molar-refractivity contribution in [3.05, 3.63) is 18.2 Å². The van der Waals surface area contributed by atoms with Crippen molar-refractivity contribution in [2.45, 2.75) is 24.9 Å². The molecule has 1 saturated heterocycles. The molecule has 0 aliphatic carbocycles. The molecule has 1 aromatic rings. The van der Waals surface area contributed by atoms with Crippen LogP contribution in [0.25, 0.3) is 0 Å². The second-order valence-corrected chi connectivity index (χ2v) is 5.43. The number of benzene rings is 1. The highest BCUT2D eigenvalue weighted by atomic mass is 16.5. The van der Waals surface area contributed by atoms with Crippen molar-refractivity contribution in [3.63, 3.8) is 0 Å². The molecule has 0 spiro atoms. The van der Waals surface area contributed by atoms with E-state index in [1.54, 1.807) is 7.11 Å². The third-order valence-electron chi connectivity index (χ3n) is 3.91. The van der Waals surface area contributed by atoms with E-state index in [1.165, 1.54) is 6.42 Å². The predicted molar refractivity (Wildman–Crippen MR) is 79.8 cm³/mol. The molecule has 1 aromatic carbocycles. The summed E-state index contributed by atoms with van der Waals surface area (Å²) in [6, 6.07) is 6.81. The second-order valence-electron chi connectivity index (χ2n) is 5.43. The molecule has 2 heterocycles. The van der Waals surface area contributed by atoms with Crippen LogP contribution < -0.4 is 25.4 Å². The van der Waals surface area contributed by atoms with Crippen LogP contribution in [-0.4, -0.2) is 45.4 Å². The highest BCUT2D eigenvalue weighted by Gasteiger charge is 2.24. The maximum absolute atomic E-state index is 5.90. The number of para-hydroxylation sites is 1. The van der Waals surface area contributed by atoms with E-state index in [9.17, 15) is 0 Å². The summed E-state index contributed by atoms with van der Waals surface area (Å²) in [6.45, 7) is 3.92. The first-order valence-corrected chi connectivity index (χ1v) is 7.37. The summed E-state index contributed by atoms with van der Waals surface area (Å²) >= 11 is 0. The average molecular weight is 277 g/mol. The van der Waals surface area contributed by atoms with Crippen LogP contribution in [0.4, 0.5) is 5.69 Å². The summed E-state index contributed by atoms with van der Waals surface area (Å²) in [5, 5.41) is 10.6. The molecule has 1 fully saturated rings. The van der Waals surface area contributed by atoms with E-state index >= 15 is 0 Å². The van der Waals surface area contributed by atoms with Gasteiger partial charge in [0, 0.05) is 12.6 Å². The first-order valence-electron chi connectivity index (χ1n) is 7.37. The average Bonchev–Trinajstić information content (AvgIpc) is 2.75. The van der Waals surface area contributed by atoms with Gasteiger partial charge < -0.3 is 25.4 Å². The molecule has 2 atom stereocenters. The van der Waals surface area contributed by atoms with Crippen molar-refractivity contribution in [2.75, 3.05) is 38.7 Å². The predicted octanol–water partition coefficient (Wildman–Crippen LogP) is 1.21. The zero-order chi connectivity index (χ0) is 13.8. The Morgan fingerprint density at radius 3 is 3.15 bits per heavy atom. The van der Waals surface area contributed by atoms with Gasteiger partial charge in [-0.05, 0) is 38.1 Å². The van der Waals surface area contributed by atoms with E-state index < -0.39 is 0 Å².